The number of hydrogen-bond acceptors (Lipinski definition) is 3. The molecule has 1 N–H and O–H groups in total. The van der Waals surface area contributed by atoms with Crippen molar-refractivity contribution in [1.29, 1.82) is 0 Å². The van der Waals surface area contributed by atoms with E-state index in [9.17, 15) is 9.59 Å². The molecule has 5 heteroatoms. The number of amides is 2. The molecule has 2 rings (SSSR count). The third-order valence-corrected chi connectivity index (χ3v) is 3.20. The molecule has 1 aromatic rings. The van der Waals surface area contributed by atoms with Crippen molar-refractivity contribution < 1.29 is 14.3 Å². The molecule has 0 saturated carbocycles. The van der Waals surface area contributed by atoms with Crippen molar-refractivity contribution in [3.63, 3.8) is 0 Å². The van der Waals surface area contributed by atoms with E-state index in [-0.39, 0.29) is 11.8 Å². The molecule has 108 valence electrons. The van der Waals surface area contributed by atoms with Crippen LogP contribution in [0.15, 0.2) is 24.3 Å². The predicted molar refractivity (Wildman–Crippen MR) is 76.8 cm³/mol. The molecule has 0 bridgehead atoms. The van der Waals surface area contributed by atoms with Gasteiger partial charge in [0.25, 0.3) is 0 Å². The van der Waals surface area contributed by atoms with Crippen LogP contribution in [0.4, 0.5) is 5.69 Å². The molecule has 1 unspecified atom stereocenters. The van der Waals surface area contributed by atoms with E-state index in [0.717, 1.165) is 17.9 Å². The summed E-state index contributed by atoms with van der Waals surface area (Å²) in [4.78, 5) is 25.4. The molecule has 1 aromatic carbocycles. The Bertz CT molecular complexity index is 484. The van der Waals surface area contributed by atoms with Gasteiger partial charge in [-0.1, -0.05) is 6.92 Å². The SMILES string of the molecule is CCCOc1ccc(N2CCC(=O)NC(C)C2=O)cc1. The maximum atomic E-state index is 12.2. The van der Waals surface area contributed by atoms with Gasteiger partial charge in [-0.15, -0.1) is 0 Å². The van der Waals surface area contributed by atoms with Crippen LogP contribution < -0.4 is 15.0 Å². The molecule has 1 fully saturated rings. The summed E-state index contributed by atoms with van der Waals surface area (Å²) in [7, 11) is 0. The smallest absolute Gasteiger partial charge is 0.249 e. The lowest BCUT2D eigenvalue weighted by molar-refractivity contribution is -0.125. The first-order chi connectivity index (χ1) is 9.61. The zero-order chi connectivity index (χ0) is 14.5. The second kappa shape index (κ2) is 6.41. The largest absolute Gasteiger partial charge is 0.494 e. The molecule has 1 aliphatic heterocycles. The maximum Gasteiger partial charge on any atom is 0.249 e. The van der Waals surface area contributed by atoms with Crippen molar-refractivity contribution in [3.8, 4) is 5.75 Å². The number of rotatable bonds is 4. The highest BCUT2D eigenvalue weighted by Crippen LogP contribution is 2.21. The zero-order valence-electron chi connectivity index (χ0n) is 11.9. The first kappa shape index (κ1) is 14.4. The summed E-state index contributed by atoms with van der Waals surface area (Å²) in [5, 5.41) is 2.68. The van der Waals surface area contributed by atoms with E-state index in [1.807, 2.05) is 24.3 Å². The molecule has 0 spiro atoms. The van der Waals surface area contributed by atoms with Gasteiger partial charge in [-0.2, -0.15) is 0 Å². The molecule has 1 atom stereocenters. The highest BCUT2D eigenvalue weighted by Gasteiger charge is 2.27. The first-order valence-electron chi connectivity index (χ1n) is 6.95. The number of hydrogen-bond donors (Lipinski definition) is 1. The van der Waals surface area contributed by atoms with Crippen LogP contribution in [-0.2, 0) is 9.59 Å². The Labute approximate surface area is 118 Å². The summed E-state index contributed by atoms with van der Waals surface area (Å²) in [5.74, 6) is 0.620. The number of anilines is 1. The van der Waals surface area contributed by atoms with E-state index in [0.29, 0.717) is 19.6 Å². The average molecular weight is 276 g/mol. The monoisotopic (exact) mass is 276 g/mol. The lowest BCUT2D eigenvalue weighted by Crippen LogP contribution is -2.42. The molecule has 1 heterocycles. The third kappa shape index (κ3) is 3.29. The van der Waals surface area contributed by atoms with Crippen molar-refractivity contribution in [3.05, 3.63) is 24.3 Å². The highest BCUT2D eigenvalue weighted by atomic mass is 16.5. The van der Waals surface area contributed by atoms with Crippen LogP contribution in [-0.4, -0.2) is 31.0 Å². The Morgan fingerprint density at radius 3 is 2.65 bits per heavy atom. The molecular weight excluding hydrogens is 256 g/mol. The first-order valence-corrected chi connectivity index (χ1v) is 6.95. The van der Waals surface area contributed by atoms with Gasteiger partial charge in [-0.05, 0) is 37.6 Å². The second-order valence-corrected chi connectivity index (χ2v) is 4.87. The summed E-state index contributed by atoms with van der Waals surface area (Å²) in [6.07, 6.45) is 1.28. The van der Waals surface area contributed by atoms with E-state index in [1.165, 1.54) is 0 Å². The fourth-order valence-electron chi connectivity index (χ4n) is 2.13. The van der Waals surface area contributed by atoms with Gasteiger partial charge in [0.05, 0.1) is 6.61 Å². The van der Waals surface area contributed by atoms with Gasteiger partial charge < -0.3 is 15.0 Å². The minimum absolute atomic E-state index is 0.0851. The van der Waals surface area contributed by atoms with Gasteiger partial charge in [0.2, 0.25) is 11.8 Å². The van der Waals surface area contributed by atoms with Crippen molar-refractivity contribution >= 4 is 17.5 Å². The van der Waals surface area contributed by atoms with Crippen LogP contribution in [0.3, 0.4) is 0 Å². The van der Waals surface area contributed by atoms with Crippen LogP contribution in [0.1, 0.15) is 26.7 Å². The Hall–Kier alpha value is -2.04. The fourth-order valence-corrected chi connectivity index (χ4v) is 2.13. The minimum atomic E-state index is -0.485. The Morgan fingerprint density at radius 2 is 2.00 bits per heavy atom. The molecule has 20 heavy (non-hydrogen) atoms. The zero-order valence-corrected chi connectivity index (χ0v) is 11.9. The van der Waals surface area contributed by atoms with Gasteiger partial charge in [0, 0.05) is 18.7 Å². The number of nitrogens with zero attached hydrogens (tertiary/aromatic N) is 1. The number of nitrogens with one attached hydrogen (secondary N) is 1. The van der Waals surface area contributed by atoms with E-state index in [1.54, 1.807) is 11.8 Å². The van der Waals surface area contributed by atoms with Crippen LogP contribution in [0.2, 0.25) is 0 Å². The third-order valence-electron chi connectivity index (χ3n) is 3.20. The molecular formula is C15H20N2O3. The number of carbonyl (C=O) groups is 2. The lowest BCUT2D eigenvalue weighted by atomic mass is 10.2. The number of carbonyl (C=O) groups excluding carboxylic acids is 2. The molecule has 1 aliphatic rings. The van der Waals surface area contributed by atoms with Crippen LogP contribution in [0, 0.1) is 0 Å². The van der Waals surface area contributed by atoms with Gasteiger partial charge in [-0.25, -0.2) is 0 Å². The molecule has 1 saturated heterocycles. The van der Waals surface area contributed by atoms with Crippen LogP contribution in [0.5, 0.6) is 5.75 Å². The van der Waals surface area contributed by atoms with Crippen LogP contribution in [0.25, 0.3) is 0 Å². The summed E-state index contributed by atoms with van der Waals surface area (Å²) in [6, 6.07) is 6.92. The van der Waals surface area contributed by atoms with Gasteiger partial charge in [-0.3, -0.25) is 9.59 Å². The van der Waals surface area contributed by atoms with Crippen molar-refractivity contribution in [1.82, 2.24) is 5.32 Å². The van der Waals surface area contributed by atoms with E-state index in [2.05, 4.69) is 12.2 Å². The summed E-state index contributed by atoms with van der Waals surface area (Å²) in [6.45, 7) is 4.84. The maximum absolute atomic E-state index is 12.2. The van der Waals surface area contributed by atoms with E-state index in [4.69, 9.17) is 4.74 Å². The Balaban J connectivity index is 2.13. The van der Waals surface area contributed by atoms with Crippen LogP contribution >= 0.6 is 0 Å². The molecule has 0 radical (unpaired) electrons. The summed E-state index contributed by atoms with van der Waals surface area (Å²) in [5.41, 5.74) is 0.794. The quantitative estimate of drug-likeness (QED) is 0.911. The summed E-state index contributed by atoms with van der Waals surface area (Å²) >= 11 is 0. The van der Waals surface area contributed by atoms with Crippen molar-refractivity contribution in [2.75, 3.05) is 18.1 Å². The van der Waals surface area contributed by atoms with Crippen molar-refractivity contribution in [2.24, 2.45) is 0 Å². The second-order valence-electron chi connectivity index (χ2n) is 4.87. The van der Waals surface area contributed by atoms with Gasteiger partial charge >= 0.3 is 0 Å². The molecule has 0 aromatic heterocycles. The number of benzene rings is 1. The molecule has 2 amide bonds. The normalized spacial score (nSPS) is 19.5. The fraction of sp³-hybridized carbons (Fsp3) is 0.467. The number of ether oxygens (including phenoxy) is 1. The highest BCUT2D eigenvalue weighted by molar-refractivity contribution is 6.01. The van der Waals surface area contributed by atoms with Gasteiger partial charge in [0.15, 0.2) is 0 Å². The topological polar surface area (TPSA) is 58.6 Å². The Morgan fingerprint density at radius 1 is 1.30 bits per heavy atom. The lowest BCUT2D eigenvalue weighted by Gasteiger charge is -2.22. The minimum Gasteiger partial charge on any atom is -0.494 e. The van der Waals surface area contributed by atoms with Crippen molar-refractivity contribution in [2.45, 2.75) is 32.7 Å². The van der Waals surface area contributed by atoms with Gasteiger partial charge in [0.1, 0.15) is 11.8 Å². The average Bonchev–Trinajstić information content (AvgIpc) is 2.57. The predicted octanol–water partition coefficient (Wildman–Crippen LogP) is 1.72. The molecule has 5 nitrogen and oxygen atoms in total. The standard InChI is InChI=1S/C15H20N2O3/c1-3-10-20-13-6-4-12(5-7-13)17-9-8-14(18)16-11(2)15(17)19/h4-7,11H,3,8-10H2,1-2H3,(H,16,18). The molecule has 0 aliphatic carbocycles. The summed E-state index contributed by atoms with van der Waals surface area (Å²) < 4.78 is 5.52. The van der Waals surface area contributed by atoms with E-state index >= 15 is 0 Å². The Kier molecular flexibility index (Phi) is 4.61. The van der Waals surface area contributed by atoms with E-state index < -0.39 is 6.04 Å².